The molecule has 1 unspecified atom stereocenters. The molecular formula is C10H19NO7. The second-order valence-corrected chi connectivity index (χ2v) is 3.26. The van der Waals surface area contributed by atoms with Crippen LogP contribution in [0, 0.1) is 0 Å². The lowest BCUT2D eigenvalue weighted by Crippen LogP contribution is -2.72. The minimum atomic E-state index is -2.64. The molecule has 18 heavy (non-hydrogen) atoms. The summed E-state index contributed by atoms with van der Waals surface area (Å²) in [5.41, 5.74) is 2.91. The van der Waals surface area contributed by atoms with Crippen molar-refractivity contribution in [3.05, 3.63) is 0 Å². The Morgan fingerprint density at radius 1 is 0.944 bits per heavy atom. The molecule has 0 aliphatic carbocycles. The van der Waals surface area contributed by atoms with E-state index in [0.29, 0.717) is 0 Å². The van der Waals surface area contributed by atoms with Crippen molar-refractivity contribution >= 4 is 11.9 Å². The van der Waals surface area contributed by atoms with E-state index in [1.807, 2.05) is 0 Å². The van der Waals surface area contributed by atoms with Crippen LogP contribution in [0.1, 0.15) is 20.8 Å². The monoisotopic (exact) mass is 265 g/mol. The van der Waals surface area contributed by atoms with E-state index >= 15 is 0 Å². The molecule has 0 aliphatic rings. The van der Waals surface area contributed by atoms with Crippen LogP contribution in [0.4, 0.5) is 0 Å². The summed E-state index contributed by atoms with van der Waals surface area (Å²) < 4.78 is 14.8. The first-order valence-electron chi connectivity index (χ1n) is 5.49. The summed E-state index contributed by atoms with van der Waals surface area (Å²) in [6, 6.07) is 0. The summed E-state index contributed by atoms with van der Waals surface area (Å²) >= 11 is 0. The summed E-state index contributed by atoms with van der Waals surface area (Å²) in [5.74, 6) is -5.95. The molecule has 8 nitrogen and oxygen atoms in total. The van der Waals surface area contributed by atoms with E-state index in [1.54, 1.807) is 0 Å². The Hall–Kier alpha value is -1.22. The molecule has 0 aliphatic heterocycles. The molecule has 1 atom stereocenters. The maximum absolute atomic E-state index is 11.4. The molecule has 0 rings (SSSR count). The van der Waals surface area contributed by atoms with Crippen LogP contribution < -0.4 is 5.73 Å². The molecule has 0 fully saturated rings. The minimum absolute atomic E-state index is 0.106. The predicted octanol–water partition coefficient (Wildman–Crippen LogP) is -0.384. The quantitative estimate of drug-likeness (QED) is 0.481. The van der Waals surface area contributed by atoms with Crippen molar-refractivity contribution in [1.82, 2.24) is 0 Å². The fourth-order valence-corrected chi connectivity index (χ4v) is 1.47. The van der Waals surface area contributed by atoms with Crippen LogP contribution in [0.25, 0.3) is 0 Å². The molecule has 0 aromatic rings. The van der Waals surface area contributed by atoms with Crippen LogP contribution in [-0.4, -0.2) is 53.5 Å². The highest BCUT2D eigenvalue weighted by atomic mass is 16.7. The lowest BCUT2D eigenvalue weighted by molar-refractivity contribution is -0.312. The summed E-state index contributed by atoms with van der Waals surface area (Å²) in [4.78, 5) is 22.6. The molecule has 0 aromatic heterocycles. The van der Waals surface area contributed by atoms with E-state index < -0.39 is 23.5 Å². The van der Waals surface area contributed by atoms with Gasteiger partial charge in [-0.2, -0.15) is 0 Å². The van der Waals surface area contributed by atoms with Gasteiger partial charge in [0.2, 0.25) is 0 Å². The third-order valence-electron chi connectivity index (χ3n) is 2.16. The zero-order valence-corrected chi connectivity index (χ0v) is 10.6. The van der Waals surface area contributed by atoms with E-state index in [4.69, 9.17) is 25.1 Å². The van der Waals surface area contributed by atoms with Gasteiger partial charge in [-0.05, 0) is 20.8 Å². The highest BCUT2D eigenvalue weighted by molar-refractivity contribution is 5.89. The minimum Gasteiger partial charge on any atom is -0.478 e. The van der Waals surface area contributed by atoms with Gasteiger partial charge in [0.15, 0.2) is 0 Å². The summed E-state index contributed by atoms with van der Waals surface area (Å²) in [5, 5.41) is 18.4. The number of carboxylic acid groups (broad SMARTS) is 2. The number of carboxylic acids is 2. The van der Waals surface area contributed by atoms with Crippen LogP contribution in [0.5, 0.6) is 0 Å². The van der Waals surface area contributed by atoms with Crippen molar-refractivity contribution in [3.63, 3.8) is 0 Å². The first-order valence-corrected chi connectivity index (χ1v) is 5.49. The molecule has 0 heterocycles. The third-order valence-corrected chi connectivity index (χ3v) is 2.16. The van der Waals surface area contributed by atoms with Crippen molar-refractivity contribution in [1.29, 1.82) is 0 Å². The highest BCUT2D eigenvalue weighted by Crippen LogP contribution is 2.28. The lowest BCUT2D eigenvalue weighted by atomic mass is 10.0. The number of nitrogens with two attached hydrogens (primary N) is 1. The van der Waals surface area contributed by atoms with Gasteiger partial charge in [0.05, 0.1) is 0 Å². The Morgan fingerprint density at radius 2 is 1.33 bits per heavy atom. The smallest absolute Gasteiger partial charge is 0.369 e. The van der Waals surface area contributed by atoms with Gasteiger partial charge >= 0.3 is 17.7 Å². The molecule has 0 radical (unpaired) electrons. The summed E-state index contributed by atoms with van der Waals surface area (Å²) in [6.45, 7) is 4.14. The Balaban J connectivity index is 5.74. The lowest BCUT2D eigenvalue weighted by Gasteiger charge is -2.39. The van der Waals surface area contributed by atoms with Crippen molar-refractivity contribution in [2.45, 2.75) is 32.3 Å². The van der Waals surface area contributed by atoms with E-state index in [9.17, 15) is 14.7 Å². The first kappa shape index (κ1) is 16.8. The number of hydrogen-bond acceptors (Lipinski definition) is 6. The number of carbonyl (C=O) groups is 2. The van der Waals surface area contributed by atoms with Gasteiger partial charge < -0.3 is 24.4 Å². The Labute approximate surface area is 105 Å². The van der Waals surface area contributed by atoms with Gasteiger partial charge in [-0.1, -0.05) is 0 Å². The fourth-order valence-electron chi connectivity index (χ4n) is 1.47. The number of ether oxygens (including phenoxy) is 3. The van der Waals surface area contributed by atoms with Crippen LogP contribution in [0.2, 0.25) is 0 Å². The van der Waals surface area contributed by atoms with Crippen molar-refractivity contribution in [2.24, 2.45) is 5.73 Å². The van der Waals surface area contributed by atoms with Crippen molar-refractivity contribution in [2.75, 3.05) is 19.8 Å². The number of aliphatic carboxylic acids is 2. The zero-order valence-electron chi connectivity index (χ0n) is 10.6. The second kappa shape index (κ2) is 6.64. The second-order valence-electron chi connectivity index (χ2n) is 3.26. The maximum atomic E-state index is 11.4. The molecule has 0 saturated carbocycles. The molecule has 0 aromatic carbocycles. The normalized spacial score (nSPS) is 15.1. The predicted molar refractivity (Wildman–Crippen MR) is 59.8 cm³/mol. The number of hydrogen-bond donors (Lipinski definition) is 3. The van der Waals surface area contributed by atoms with Crippen LogP contribution >= 0.6 is 0 Å². The molecule has 0 spiro atoms. The maximum Gasteiger partial charge on any atom is 0.369 e. The fraction of sp³-hybridized carbons (Fsp3) is 0.800. The van der Waals surface area contributed by atoms with Gasteiger partial charge in [-0.15, -0.1) is 0 Å². The Morgan fingerprint density at radius 3 is 1.56 bits per heavy atom. The van der Waals surface area contributed by atoms with E-state index in [2.05, 4.69) is 0 Å². The molecule has 106 valence electrons. The van der Waals surface area contributed by atoms with Gasteiger partial charge in [0, 0.05) is 19.8 Å². The Kier molecular flexibility index (Phi) is 6.19. The third kappa shape index (κ3) is 2.78. The molecular weight excluding hydrogens is 246 g/mol. The number of rotatable bonds is 9. The first-order chi connectivity index (χ1) is 8.32. The van der Waals surface area contributed by atoms with Crippen molar-refractivity contribution < 1.29 is 34.0 Å². The summed E-state index contributed by atoms with van der Waals surface area (Å²) in [7, 11) is 0. The van der Waals surface area contributed by atoms with Gasteiger partial charge in [0.1, 0.15) is 0 Å². The zero-order chi connectivity index (χ0) is 14.4. The van der Waals surface area contributed by atoms with Crippen LogP contribution in [0.3, 0.4) is 0 Å². The van der Waals surface area contributed by atoms with Gasteiger partial charge in [-0.3, -0.25) is 5.73 Å². The van der Waals surface area contributed by atoms with E-state index in [1.165, 1.54) is 20.8 Å². The largest absolute Gasteiger partial charge is 0.478 e. The molecule has 4 N–H and O–H groups in total. The standard InChI is InChI=1S/C10H19NO7/c1-4-16-9(11,7(12)13)10(8(14)15,17-5-2)18-6-3/h4-6,11H2,1-3H3,(H,12,13)(H,14,15). The SMILES string of the molecule is CCOC(N)(C(=O)O)C(OCC)(OCC)C(=O)O. The van der Waals surface area contributed by atoms with Crippen LogP contribution in [-0.2, 0) is 23.8 Å². The topological polar surface area (TPSA) is 128 Å². The average Bonchev–Trinajstić information content (AvgIpc) is 2.28. The van der Waals surface area contributed by atoms with Crippen LogP contribution in [0.15, 0.2) is 0 Å². The molecule has 8 heteroatoms. The van der Waals surface area contributed by atoms with E-state index in [0.717, 1.165) is 0 Å². The summed E-state index contributed by atoms with van der Waals surface area (Å²) in [6.07, 6.45) is 0. The van der Waals surface area contributed by atoms with Gasteiger partial charge in [0.25, 0.3) is 5.72 Å². The van der Waals surface area contributed by atoms with E-state index in [-0.39, 0.29) is 19.8 Å². The molecule has 0 saturated heterocycles. The average molecular weight is 265 g/mol. The highest BCUT2D eigenvalue weighted by Gasteiger charge is 2.64. The van der Waals surface area contributed by atoms with Gasteiger partial charge in [-0.25, -0.2) is 9.59 Å². The molecule has 0 amide bonds. The van der Waals surface area contributed by atoms with Crippen molar-refractivity contribution in [3.8, 4) is 0 Å². The molecule has 0 bridgehead atoms. The Bertz CT molecular complexity index is 301.